The van der Waals surface area contributed by atoms with Crippen molar-refractivity contribution in [3.63, 3.8) is 0 Å². The summed E-state index contributed by atoms with van der Waals surface area (Å²) in [5.41, 5.74) is -0.471. The number of hydrogen-bond donors (Lipinski definition) is 0. The number of anilines is 1. The van der Waals surface area contributed by atoms with Gasteiger partial charge in [-0.3, -0.25) is 9.48 Å². The topological polar surface area (TPSA) is 67.2 Å². The molecule has 3 rings (SSSR count). The Balaban J connectivity index is 1.78. The number of amides is 1. The molecule has 1 saturated heterocycles. The number of piperidine rings is 1. The van der Waals surface area contributed by atoms with Crippen molar-refractivity contribution < 1.29 is 18.0 Å². The van der Waals surface area contributed by atoms with E-state index in [-0.39, 0.29) is 23.6 Å². The Morgan fingerprint density at radius 2 is 2.07 bits per heavy atom. The zero-order valence-electron chi connectivity index (χ0n) is 15.4. The summed E-state index contributed by atoms with van der Waals surface area (Å²) in [7, 11) is 3.44. The van der Waals surface area contributed by atoms with Crippen molar-refractivity contribution in [2.45, 2.75) is 32.0 Å². The summed E-state index contributed by atoms with van der Waals surface area (Å²) in [5.74, 6) is 0.147. The summed E-state index contributed by atoms with van der Waals surface area (Å²) in [4.78, 5) is 23.7. The Labute approximate surface area is 154 Å². The molecule has 0 N–H and O–H groups in total. The molecule has 10 heteroatoms. The number of rotatable bonds is 3. The van der Waals surface area contributed by atoms with Gasteiger partial charge in [-0.15, -0.1) is 0 Å². The molecule has 1 unspecified atom stereocenters. The van der Waals surface area contributed by atoms with Crippen molar-refractivity contribution in [1.29, 1.82) is 0 Å². The third-order valence-corrected chi connectivity index (χ3v) is 4.66. The molecule has 2 aromatic heterocycles. The van der Waals surface area contributed by atoms with E-state index in [0.717, 1.165) is 18.9 Å². The van der Waals surface area contributed by atoms with E-state index >= 15 is 0 Å². The van der Waals surface area contributed by atoms with Crippen LogP contribution in [0.25, 0.3) is 0 Å². The number of halogens is 3. The van der Waals surface area contributed by atoms with Crippen LogP contribution in [0, 0.1) is 6.92 Å². The maximum absolute atomic E-state index is 13.0. The second kappa shape index (κ2) is 7.16. The van der Waals surface area contributed by atoms with Crippen molar-refractivity contribution in [3.8, 4) is 0 Å². The second-order valence-corrected chi connectivity index (χ2v) is 6.72. The number of aryl methyl sites for hydroxylation is 2. The Morgan fingerprint density at radius 3 is 2.70 bits per heavy atom. The van der Waals surface area contributed by atoms with Crippen molar-refractivity contribution >= 4 is 11.7 Å². The van der Waals surface area contributed by atoms with Gasteiger partial charge in [0.1, 0.15) is 17.3 Å². The number of nitrogens with zero attached hydrogens (tertiary/aromatic N) is 6. The molecule has 1 fully saturated rings. The molecular weight excluding hydrogens is 361 g/mol. The van der Waals surface area contributed by atoms with Gasteiger partial charge in [-0.05, 0) is 19.8 Å². The minimum Gasteiger partial charge on any atom is -0.354 e. The van der Waals surface area contributed by atoms with Crippen LogP contribution in [-0.2, 0) is 13.2 Å². The predicted molar refractivity (Wildman–Crippen MR) is 92.3 cm³/mol. The summed E-state index contributed by atoms with van der Waals surface area (Å²) in [6.07, 6.45) is 0.144. The summed E-state index contributed by atoms with van der Waals surface area (Å²) in [5, 5.41) is 4.01. The molecule has 146 valence electrons. The quantitative estimate of drug-likeness (QED) is 0.815. The molecule has 3 heterocycles. The summed E-state index contributed by atoms with van der Waals surface area (Å²) in [6.45, 7) is 2.44. The molecule has 1 atom stereocenters. The lowest BCUT2D eigenvalue weighted by Crippen LogP contribution is -2.49. The van der Waals surface area contributed by atoms with Gasteiger partial charge in [-0.25, -0.2) is 9.97 Å². The minimum absolute atomic E-state index is 0.0711. The summed E-state index contributed by atoms with van der Waals surface area (Å²) in [6, 6.07) is 0.842. The van der Waals surface area contributed by atoms with E-state index in [1.807, 2.05) is 0 Å². The first-order valence-corrected chi connectivity index (χ1v) is 8.59. The fourth-order valence-corrected chi connectivity index (χ4v) is 3.24. The first-order chi connectivity index (χ1) is 12.6. The highest BCUT2D eigenvalue weighted by atomic mass is 19.4. The summed E-state index contributed by atoms with van der Waals surface area (Å²) >= 11 is 0. The minimum atomic E-state index is -4.52. The van der Waals surface area contributed by atoms with E-state index in [9.17, 15) is 18.0 Å². The highest BCUT2D eigenvalue weighted by molar-refractivity contribution is 5.93. The Kier molecular flexibility index (Phi) is 5.07. The van der Waals surface area contributed by atoms with E-state index in [0.29, 0.717) is 18.7 Å². The van der Waals surface area contributed by atoms with E-state index in [1.54, 1.807) is 34.8 Å². The predicted octanol–water partition coefficient (Wildman–Crippen LogP) is 2.28. The van der Waals surface area contributed by atoms with Crippen molar-refractivity contribution in [3.05, 3.63) is 35.5 Å². The van der Waals surface area contributed by atoms with Gasteiger partial charge >= 0.3 is 6.18 Å². The Morgan fingerprint density at radius 1 is 1.33 bits per heavy atom. The van der Waals surface area contributed by atoms with Gasteiger partial charge in [-0.2, -0.15) is 18.3 Å². The number of likely N-dealkylation sites (N-methyl/N-ethyl adjacent to an activating group) is 1. The van der Waals surface area contributed by atoms with Gasteiger partial charge in [0.15, 0.2) is 0 Å². The third-order valence-electron chi connectivity index (χ3n) is 4.66. The molecule has 0 saturated carbocycles. The van der Waals surface area contributed by atoms with Crippen molar-refractivity contribution in [2.75, 3.05) is 25.0 Å². The molecule has 0 aromatic carbocycles. The first-order valence-electron chi connectivity index (χ1n) is 8.59. The molecule has 0 bridgehead atoms. The van der Waals surface area contributed by atoms with E-state index in [1.165, 1.54) is 13.1 Å². The monoisotopic (exact) mass is 382 g/mol. The Hall–Kier alpha value is -2.65. The number of aromatic nitrogens is 4. The van der Waals surface area contributed by atoms with Gasteiger partial charge in [0.25, 0.3) is 5.91 Å². The first kappa shape index (κ1) is 19.1. The molecule has 1 amide bonds. The molecule has 27 heavy (non-hydrogen) atoms. The lowest BCUT2D eigenvalue weighted by molar-refractivity contribution is -0.141. The molecule has 0 aliphatic carbocycles. The van der Waals surface area contributed by atoms with Gasteiger partial charge in [0.05, 0.1) is 11.8 Å². The third kappa shape index (κ3) is 4.20. The zero-order valence-corrected chi connectivity index (χ0v) is 15.4. The molecule has 2 aromatic rings. The molecular formula is C17H21F3N6O. The van der Waals surface area contributed by atoms with Gasteiger partial charge in [0, 0.05) is 45.5 Å². The van der Waals surface area contributed by atoms with Crippen LogP contribution in [0.2, 0.25) is 0 Å². The smallest absolute Gasteiger partial charge is 0.354 e. The van der Waals surface area contributed by atoms with Gasteiger partial charge < -0.3 is 9.80 Å². The SMILES string of the molecule is Cc1nc(N2CCCC(N(C)C(=O)c3cnn(C)c3)C2)cc(C(F)(F)F)n1. The molecule has 0 spiro atoms. The average molecular weight is 382 g/mol. The summed E-state index contributed by atoms with van der Waals surface area (Å²) < 4.78 is 40.7. The standard InChI is InChI=1S/C17H21F3N6O/c1-11-22-14(17(18,19)20)7-15(23-11)26-6-4-5-13(10-26)25(3)16(27)12-8-21-24(2)9-12/h7-9,13H,4-6,10H2,1-3H3. The number of carbonyl (C=O) groups excluding carboxylic acids is 1. The van der Waals surface area contributed by atoms with Crippen LogP contribution < -0.4 is 4.90 Å². The normalized spacial score (nSPS) is 17.9. The van der Waals surface area contributed by atoms with Crippen molar-refractivity contribution in [2.24, 2.45) is 7.05 Å². The number of hydrogen-bond acceptors (Lipinski definition) is 5. The van der Waals surface area contributed by atoms with E-state index in [2.05, 4.69) is 15.1 Å². The van der Waals surface area contributed by atoms with Crippen molar-refractivity contribution in [1.82, 2.24) is 24.6 Å². The van der Waals surface area contributed by atoms with Crippen LogP contribution in [0.4, 0.5) is 19.0 Å². The van der Waals surface area contributed by atoms with Crippen LogP contribution in [0.15, 0.2) is 18.5 Å². The van der Waals surface area contributed by atoms with Crippen LogP contribution in [0.3, 0.4) is 0 Å². The van der Waals surface area contributed by atoms with Gasteiger partial charge in [-0.1, -0.05) is 0 Å². The number of alkyl halides is 3. The maximum atomic E-state index is 13.0. The molecule has 7 nitrogen and oxygen atoms in total. The molecule has 0 radical (unpaired) electrons. The lowest BCUT2D eigenvalue weighted by Gasteiger charge is -2.38. The van der Waals surface area contributed by atoms with E-state index in [4.69, 9.17) is 0 Å². The molecule has 1 aliphatic heterocycles. The Bertz CT molecular complexity index is 834. The zero-order chi connectivity index (χ0) is 19.8. The maximum Gasteiger partial charge on any atom is 0.433 e. The van der Waals surface area contributed by atoms with Crippen LogP contribution in [-0.4, -0.2) is 56.7 Å². The van der Waals surface area contributed by atoms with Gasteiger partial charge in [0.2, 0.25) is 0 Å². The number of carbonyl (C=O) groups is 1. The van der Waals surface area contributed by atoms with E-state index < -0.39 is 11.9 Å². The van der Waals surface area contributed by atoms with Crippen LogP contribution >= 0.6 is 0 Å². The highest BCUT2D eigenvalue weighted by Crippen LogP contribution is 2.30. The average Bonchev–Trinajstić information content (AvgIpc) is 3.05. The lowest BCUT2D eigenvalue weighted by atomic mass is 10.0. The fraction of sp³-hybridized carbons (Fsp3) is 0.529. The van der Waals surface area contributed by atoms with Crippen LogP contribution in [0.1, 0.15) is 34.7 Å². The fourth-order valence-electron chi connectivity index (χ4n) is 3.24. The highest BCUT2D eigenvalue weighted by Gasteiger charge is 2.35. The van der Waals surface area contributed by atoms with Crippen LogP contribution in [0.5, 0.6) is 0 Å². The largest absolute Gasteiger partial charge is 0.433 e. The molecule has 1 aliphatic rings. The second-order valence-electron chi connectivity index (χ2n) is 6.72.